The summed E-state index contributed by atoms with van der Waals surface area (Å²) in [6.07, 6.45) is 0.0279. The van der Waals surface area contributed by atoms with Crippen LogP contribution in [-0.4, -0.2) is 28.7 Å². The Labute approximate surface area is 204 Å². The molecule has 5 nitrogen and oxygen atoms in total. The van der Waals surface area contributed by atoms with Crippen LogP contribution in [0.5, 0.6) is 5.75 Å². The Morgan fingerprint density at radius 1 is 1.09 bits per heavy atom. The van der Waals surface area contributed by atoms with Crippen molar-refractivity contribution in [3.8, 4) is 16.9 Å². The number of nitrogens with one attached hydrogen (secondary N) is 1. The summed E-state index contributed by atoms with van der Waals surface area (Å²) in [5.74, 6) is 1.29. The number of aromatic nitrogens is 2. The molecule has 0 saturated heterocycles. The van der Waals surface area contributed by atoms with Crippen LogP contribution in [0.2, 0.25) is 5.02 Å². The zero-order chi connectivity index (χ0) is 24.4. The molecule has 0 radical (unpaired) electrons. The number of hydrogen-bond donors (Lipinski definition) is 2. The Bertz CT molecular complexity index is 1310. The van der Waals surface area contributed by atoms with E-state index in [0.717, 1.165) is 33.5 Å². The molecule has 0 amide bonds. The zero-order valence-electron chi connectivity index (χ0n) is 20.0. The first-order chi connectivity index (χ1) is 16.3. The highest BCUT2D eigenvalue weighted by atomic mass is 35.5. The van der Waals surface area contributed by atoms with Gasteiger partial charge in [-0.1, -0.05) is 41.9 Å². The van der Waals surface area contributed by atoms with Crippen LogP contribution in [0.25, 0.3) is 22.2 Å². The van der Waals surface area contributed by atoms with Crippen molar-refractivity contribution < 1.29 is 9.13 Å². The van der Waals surface area contributed by atoms with Gasteiger partial charge < -0.3 is 20.4 Å². The number of imidazole rings is 1. The molecule has 0 saturated carbocycles. The fourth-order valence-corrected chi connectivity index (χ4v) is 4.44. The topological polar surface area (TPSA) is 65.1 Å². The summed E-state index contributed by atoms with van der Waals surface area (Å²) in [7, 11) is 0. The zero-order valence-corrected chi connectivity index (χ0v) is 20.7. The lowest BCUT2D eigenvalue weighted by Crippen LogP contribution is -2.16. The van der Waals surface area contributed by atoms with E-state index >= 15 is 0 Å². The summed E-state index contributed by atoms with van der Waals surface area (Å²) in [4.78, 5) is 4.95. The number of anilines is 1. The third-order valence-corrected chi connectivity index (χ3v) is 5.84. The van der Waals surface area contributed by atoms with Gasteiger partial charge in [0.1, 0.15) is 11.6 Å². The van der Waals surface area contributed by atoms with Crippen LogP contribution in [0, 0.1) is 19.7 Å². The Morgan fingerprint density at radius 3 is 2.47 bits per heavy atom. The number of rotatable bonds is 8. The van der Waals surface area contributed by atoms with Crippen molar-refractivity contribution >= 4 is 28.6 Å². The van der Waals surface area contributed by atoms with Gasteiger partial charge >= 0.3 is 0 Å². The minimum atomic E-state index is -0.173. The van der Waals surface area contributed by atoms with Crippen molar-refractivity contribution in [3.63, 3.8) is 0 Å². The average Bonchev–Trinajstić information content (AvgIpc) is 3.12. The molecule has 0 bridgehead atoms. The number of nitrogens with zero attached hydrogens (tertiary/aromatic N) is 2. The minimum Gasteiger partial charge on any atom is -0.490 e. The molecule has 0 aliphatic carbocycles. The van der Waals surface area contributed by atoms with Gasteiger partial charge in [0, 0.05) is 29.2 Å². The van der Waals surface area contributed by atoms with E-state index in [1.807, 2.05) is 62.4 Å². The van der Waals surface area contributed by atoms with Crippen LogP contribution >= 0.6 is 11.6 Å². The number of para-hydroxylation sites is 1. The lowest BCUT2D eigenvalue weighted by atomic mass is 10.0. The molecular formula is C27H30ClFN4O. The first-order valence-electron chi connectivity index (χ1n) is 11.4. The van der Waals surface area contributed by atoms with Gasteiger partial charge in [-0.3, -0.25) is 0 Å². The van der Waals surface area contributed by atoms with Gasteiger partial charge in [0.2, 0.25) is 5.95 Å². The van der Waals surface area contributed by atoms with E-state index in [2.05, 4.69) is 9.88 Å². The second-order valence-corrected chi connectivity index (χ2v) is 9.20. The number of halogens is 2. The lowest BCUT2D eigenvalue weighted by molar-refractivity contribution is 0.243. The van der Waals surface area contributed by atoms with Crippen LogP contribution in [0.15, 0.2) is 48.5 Å². The molecule has 1 heterocycles. The summed E-state index contributed by atoms with van der Waals surface area (Å²) in [5, 5.41) is 3.93. The molecule has 1 aromatic heterocycles. The van der Waals surface area contributed by atoms with Gasteiger partial charge in [0.05, 0.1) is 23.7 Å². The van der Waals surface area contributed by atoms with E-state index in [1.54, 1.807) is 13.8 Å². The highest BCUT2D eigenvalue weighted by Gasteiger charge is 2.19. The fraction of sp³-hybridized carbons (Fsp3) is 0.296. The van der Waals surface area contributed by atoms with Gasteiger partial charge in [-0.25, -0.2) is 9.37 Å². The Kier molecular flexibility index (Phi) is 7.10. The highest BCUT2D eigenvalue weighted by molar-refractivity contribution is 6.32. The molecule has 0 aliphatic rings. The van der Waals surface area contributed by atoms with E-state index < -0.39 is 0 Å². The molecule has 4 rings (SSSR count). The average molecular weight is 481 g/mol. The standard InChI is InChI=1S/C27H30ClFN4O/c1-16(2)34-24-8-6-5-7-21(24)22-13-20(28)14-23-26(22)32-27(31-10-9-30)33(23)15-19-11-17(3)25(29)18(4)12-19/h5-8,11-14,16H,9-10,15,30H2,1-4H3,(H,31,32). The van der Waals surface area contributed by atoms with Gasteiger partial charge in [-0.05, 0) is 62.6 Å². The van der Waals surface area contributed by atoms with Crippen LogP contribution in [0.1, 0.15) is 30.5 Å². The second-order valence-electron chi connectivity index (χ2n) is 8.76. The third-order valence-electron chi connectivity index (χ3n) is 5.62. The van der Waals surface area contributed by atoms with E-state index in [4.69, 9.17) is 27.1 Å². The van der Waals surface area contributed by atoms with Crippen molar-refractivity contribution in [2.24, 2.45) is 5.73 Å². The minimum absolute atomic E-state index is 0.0279. The number of benzene rings is 3. The summed E-state index contributed by atoms with van der Waals surface area (Å²) < 4.78 is 22.4. The number of ether oxygens (including phenoxy) is 1. The smallest absolute Gasteiger partial charge is 0.204 e. The molecule has 0 spiro atoms. The van der Waals surface area contributed by atoms with Gasteiger partial charge in [0.15, 0.2) is 0 Å². The van der Waals surface area contributed by atoms with Crippen molar-refractivity contribution in [3.05, 3.63) is 76.1 Å². The molecule has 0 atom stereocenters. The third kappa shape index (κ3) is 4.88. The maximum absolute atomic E-state index is 14.2. The molecule has 34 heavy (non-hydrogen) atoms. The van der Waals surface area contributed by atoms with Gasteiger partial charge in [-0.15, -0.1) is 0 Å². The largest absolute Gasteiger partial charge is 0.490 e. The predicted molar refractivity (Wildman–Crippen MR) is 138 cm³/mol. The summed E-state index contributed by atoms with van der Waals surface area (Å²) >= 11 is 6.62. The van der Waals surface area contributed by atoms with Crippen molar-refractivity contribution in [1.82, 2.24) is 9.55 Å². The second kappa shape index (κ2) is 10.0. The molecule has 3 N–H and O–H groups in total. The number of hydrogen-bond acceptors (Lipinski definition) is 4. The Hall–Kier alpha value is -3.09. The van der Waals surface area contributed by atoms with E-state index in [9.17, 15) is 4.39 Å². The molecular weight excluding hydrogens is 451 g/mol. The maximum atomic E-state index is 14.2. The number of nitrogens with two attached hydrogens (primary N) is 1. The Morgan fingerprint density at radius 2 is 1.79 bits per heavy atom. The van der Waals surface area contributed by atoms with Crippen LogP contribution in [0.4, 0.5) is 10.3 Å². The summed E-state index contributed by atoms with van der Waals surface area (Å²) in [5.41, 5.74) is 11.5. The SMILES string of the molecule is Cc1cc(Cn2c(NCCN)nc3c(-c4ccccc4OC(C)C)cc(Cl)cc32)cc(C)c1F. The first-order valence-corrected chi connectivity index (χ1v) is 11.8. The fourth-order valence-electron chi connectivity index (χ4n) is 4.23. The maximum Gasteiger partial charge on any atom is 0.204 e. The molecule has 7 heteroatoms. The van der Waals surface area contributed by atoms with E-state index in [-0.39, 0.29) is 11.9 Å². The number of aryl methyl sites for hydroxylation is 2. The normalized spacial score (nSPS) is 11.4. The molecule has 178 valence electrons. The van der Waals surface area contributed by atoms with Crippen molar-refractivity contribution in [2.75, 3.05) is 18.4 Å². The van der Waals surface area contributed by atoms with Crippen LogP contribution in [0.3, 0.4) is 0 Å². The molecule has 3 aromatic carbocycles. The molecule has 4 aromatic rings. The van der Waals surface area contributed by atoms with Crippen LogP contribution in [-0.2, 0) is 6.54 Å². The highest BCUT2D eigenvalue weighted by Crippen LogP contribution is 2.38. The summed E-state index contributed by atoms with van der Waals surface area (Å²) in [6.45, 7) is 9.12. The van der Waals surface area contributed by atoms with E-state index in [0.29, 0.717) is 41.7 Å². The molecule has 0 unspecified atom stereocenters. The lowest BCUT2D eigenvalue weighted by Gasteiger charge is -2.15. The van der Waals surface area contributed by atoms with Crippen molar-refractivity contribution in [1.29, 1.82) is 0 Å². The van der Waals surface area contributed by atoms with Gasteiger partial charge in [-0.2, -0.15) is 0 Å². The quantitative estimate of drug-likeness (QED) is 0.310. The number of fused-ring (bicyclic) bond motifs is 1. The predicted octanol–water partition coefficient (Wildman–Crippen LogP) is 6.32. The summed E-state index contributed by atoms with van der Waals surface area (Å²) in [6, 6.07) is 15.5. The van der Waals surface area contributed by atoms with E-state index in [1.165, 1.54) is 0 Å². The first kappa shape index (κ1) is 24.0. The van der Waals surface area contributed by atoms with Crippen molar-refractivity contribution in [2.45, 2.75) is 40.3 Å². The molecule has 0 fully saturated rings. The Balaban J connectivity index is 1.91. The van der Waals surface area contributed by atoms with Crippen LogP contribution < -0.4 is 15.8 Å². The van der Waals surface area contributed by atoms with Gasteiger partial charge in [0.25, 0.3) is 0 Å². The molecule has 0 aliphatic heterocycles. The monoisotopic (exact) mass is 480 g/mol.